The SMILES string of the molecule is COc1ccc(NC(=O)COc2c(-c3ccc(Cl)cc3)oc3cc(C)c(C)cc3c2=O)cc1. The average Bonchev–Trinajstić information content (AvgIpc) is 2.81. The summed E-state index contributed by atoms with van der Waals surface area (Å²) in [5.41, 5.74) is 3.25. The Labute approximate surface area is 195 Å². The lowest BCUT2D eigenvalue weighted by molar-refractivity contribution is -0.118. The first-order chi connectivity index (χ1) is 15.9. The lowest BCUT2D eigenvalue weighted by Crippen LogP contribution is -2.22. The van der Waals surface area contributed by atoms with E-state index in [0.29, 0.717) is 33.0 Å². The van der Waals surface area contributed by atoms with Crippen molar-refractivity contribution in [2.45, 2.75) is 13.8 Å². The summed E-state index contributed by atoms with van der Waals surface area (Å²) in [6.07, 6.45) is 0. The minimum absolute atomic E-state index is 0.0297. The predicted molar refractivity (Wildman–Crippen MR) is 130 cm³/mol. The van der Waals surface area contributed by atoms with Crippen molar-refractivity contribution >= 4 is 34.2 Å². The van der Waals surface area contributed by atoms with Gasteiger partial charge < -0.3 is 19.2 Å². The Bertz CT molecular complexity index is 1380. The summed E-state index contributed by atoms with van der Waals surface area (Å²) >= 11 is 6.02. The molecule has 3 aromatic carbocycles. The van der Waals surface area contributed by atoms with Gasteiger partial charge in [-0.15, -0.1) is 0 Å². The Morgan fingerprint density at radius 2 is 1.67 bits per heavy atom. The second-order valence-electron chi connectivity index (χ2n) is 7.59. The quantitative estimate of drug-likeness (QED) is 0.393. The maximum Gasteiger partial charge on any atom is 0.262 e. The van der Waals surface area contributed by atoms with Crippen LogP contribution in [0.5, 0.6) is 11.5 Å². The van der Waals surface area contributed by atoms with Crippen molar-refractivity contribution in [3.8, 4) is 22.8 Å². The molecule has 4 aromatic rings. The molecule has 1 amide bonds. The van der Waals surface area contributed by atoms with Crippen molar-refractivity contribution in [1.82, 2.24) is 0 Å². The second kappa shape index (κ2) is 9.38. The third kappa shape index (κ3) is 4.86. The monoisotopic (exact) mass is 463 g/mol. The van der Waals surface area contributed by atoms with E-state index in [1.165, 1.54) is 0 Å². The Balaban J connectivity index is 1.68. The van der Waals surface area contributed by atoms with E-state index in [0.717, 1.165) is 11.1 Å². The molecule has 0 aliphatic carbocycles. The van der Waals surface area contributed by atoms with Gasteiger partial charge in [-0.05, 0) is 85.6 Å². The zero-order chi connectivity index (χ0) is 23.5. The number of carbonyl (C=O) groups excluding carboxylic acids is 1. The van der Waals surface area contributed by atoms with Gasteiger partial charge in [0, 0.05) is 16.3 Å². The van der Waals surface area contributed by atoms with Crippen LogP contribution in [0.4, 0.5) is 5.69 Å². The third-order valence-electron chi connectivity index (χ3n) is 5.29. The molecule has 0 aliphatic heterocycles. The highest BCUT2D eigenvalue weighted by Gasteiger charge is 2.19. The first kappa shape index (κ1) is 22.4. The number of rotatable bonds is 6. The number of aryl methyl sites for hydroxylation is 2. The fourth-order valence-electron chi connectivity index (χ4n) is 3.36. The number of hydrogen-bond donors (Lipinski definition) is 1. The van der Waals surface area contributed by atoms with E-state index in [9.17, 15) is 9.59 Å². The van der Waals surface area contributed by atoms with Gasteiger partial charge in [0.2, 0.25) is 11.2 Å². The summed E-state index contributed by atoms with van der Waals surface area (Å²) in [5.74, 6) is 0.473. The standard InChI is InChI=1S/C26H22ClNO5/c1-15-12-21-22(13-16(15)2)33-25(17-4-6-18(27)7-5-17)26(24(21)30)32-14-23(29)28-19-8-10-20(31-3)11-9-19/h4-13H,14H2,1-3H3,(H,28,29). The van der Waals surface area contributed by atoms with Gasteiger partial charge in [-0.2, -0.15) is 0 Å². The molecule has 0 saturated carbocycles. The third-order valence-corrected chi connectivity index (χ3v) is 5.54. The van der Waals surface area contributed by atoms with Crippen LogP contribution in [-0.2, 0) is 4.79 Å². The molecule has 0 radical (unpaired) electrons. The lowest BCUT2D eigenvalue weighted by atomic mass is 10.0. The van der Waals surface area contributed by atoms with Gasteiger partial charge in [-0.1, -0.05) is 11.6 Å². The van der Waals surface area contributed by atoms with E-state index in [1.54, 1.807) is 61.7 Å². The fourth-order valence-corrected chi connectivity index (χ4v) is 3.49. The van der Waals surface area contributed by atoms with Gasteiger partial charge in [-0.25, -0.2) is 0 Å². The van der Waals surface area contributed by atoms with E-state index in [-0.39, 0.29) is 23.5 Å². The zero-order valence-electron chi connectivity index (χ0n) is 18.4. The molecule has 0 bridgehead atoms. The van der Waals surface area contributed by atoms with Gasteiger partial charge in [-0.3, -0.25) is 9.59 Å². The van der Waals surface area contributed by atoms with Crippen LogP contribution in [0.1, 0.15) is 11.1 Å². The number of anilines is 1. The van der Waals surface area contributed by atoms with Gasteiger partial charge in [0.1, 0.15) is 11.3 Å². The molecule has 7 heteroatoms. The number of fused-ring (bicyclic) bond motifs is 1. The molecule has 1 N–H and O–H groups in total. The van der Waals surface area contributed by atoms with Crippen molar-refractivity contribution in [2.24, 2.45) is 0 Å². The molecule has 0 atom stereocenters. The molecule has 33 heavy (non-hydrogen) atoms. The highest BCUT2D eigenvalue weighted by molar-refractivity contribution is 6.30. The summed E-state index contributed by atoms with van der Waals surface area (Å²) in [5, 5.41) is 3.67. The van der Waals surface area contributed by atoms with E-state index in [1.807, 2.05) is 19.9 Å². The van der Waals surface area contributed by atoms with Gasteiger partial charge >= 0.3 is 0 Å². The van der Waals surface area contributed by atoms with E-state index in [4.69, 9.17) is 25.5 Å². The average molecular weight is 464 g/mol. The smallest absolute Gasteiger partial charge is 0.262 e. The summed E-state index contributed by atoms with van der Waals surface area (Å²) in [6.45, 7) is 3.50. The van der Waals surface area contributed by atoms with Crippen LogP contribution in [0.3, 0.4) is 0 Å². The van der Waals surface area contributed by atoms with Gasteiger partial charge in [0.15, 0.2) is 12.4 Å². The Hall–Kier alpha value is -3.77. The minimum Gasteiger partial charge on any atom is -0.497 e. The first-order valence-electron chi connectivity index (χ1n) is 10.3. The number of halogens is 1. The summed E-state index contributed by atoms with van der Waals surface area (Å²) in [7, 11) is 1.57. The summed E-state index contributed by atoms with van der Waals surface area (Å²) in [6, 6.07) is 17.3. The van der Waals surface area contributed by atoms with E-state index in [2.05, 4.69) is 5.32 Å². The van der Waals surface area contributed by atoms with Crippen molar-refractivity contribution in [3.05, 3.63) is 87.0 Å². The molecule has 4 rings (SSSR count). The van der Waals surface area contributed by atoms with Crippen LogP contribution < -0.4 is 20.2 Å². The second-order valence-corrected chi connectivity index (χ2v) is 8.03. The van der Waals surface area contributed by atoms with Gasteiger partial charge in [0.05, 0.1) is 12.5 Å². The number of carbonyl (C=O) groups is 1. The minimum atomic E-state index is -0.415. The molecule has 1 aromatic heterocycles. The van der Waals surface area contributed by atoms with E-state index < -0.39 is 5.91 Å². The van der Waals surface area contributed by atoms with Crippen molar-refractivity contribution in [1.29, 1.82) is 0 Å². The molecule has 0 saturated heterocycles. The Morgan fingerprint density at radius 3 is 2.33 bits per heavy atom. The predicted octanol–water partition coefficient (Wildman–Crippen LogP) is 5.76. The molecule has 1 heterocycles. The van der Waals surface area contributed by atoms with Crippen LogP contribution in [0.2, 0.25) is 5.02 Å². The fraction of sp³-hybridized carbons (Fsp3) is 0.154. The largest absolute Gasteiger partial charge is 0.497 e. The summed E-state index contributed by atoms with van der Waals surface area (Å²) in [4.78, 5) is 25.8. The summed E-state index contributed by atoms with van der Waals surface area (Å²) < 4.78 is 16.9. The highest BCUT2D eigenvalue weighted by Crippen LogP contribution is 2.32. The first-order valence-corrected chi connectivity index (χ1v) is 10.6. The number of methoxy groups -OCH3 is 1. The van der Waals surface area contributed by atoms with E-state index >= 15 is 0 Å². The van der Waals surface area contributed by atoms with Gasteiger partial charge in [0.25, 0.3) is 5.91 Å². The molecule has 0 unspecified atom stereocenters. The number of hydrogen-bond acceptors (Lipinski definition) is 5. The number of nitrogens with one attached hydrogen (secondary N) is 1. The molecular formula is C26H22ClNO5. The normalized spacial score (nSPS) is 10.8. The number of amides is 1. The molecule has 6 nitrogen and oxygen atoms in total. The number of benzene rings is 3. The molecular weight excluding hydrogens is 442 g/mol. The molecule has 168 valence electrons. The molecule has 0 fully saturated rings. The lowest BCUT2D eigenvalue weighted by Gasteiger charge is -2.13. The highest BCUT2D eigenvalue weighted by atomic mass is 35.5. The molecule has 0 aliphatic rings. The van der Waals surface area contributed by atoms with Crippen molar-refractivity contribution < 1.29 is 18.7 Å². The van der Waals surface area contributed by atoms with Crippen LogP contribution in [0, 0.1) is 13.8 Å². The zero-order valence-corrected chi connectivity index (χ0v) is 19.2. The maximum atomic E-state index is 13.3. The van der Waals surface area contributed by atoms with Crippen molar-refractivity contribution in [3.63, 3.8) is 0 Å². The van der Waals surface area contributed by atoms with Crippen LogP contribution in [-0.4, -0.2) is 19.6 Å². The Kier molecular flexibility index (Phi) is 6.38. The number of ether oxygens (including phenoxy) is 2. The molecule has 0 spiro atoms. The van der Waals surface area contributed by atoms with Crippen LogP contribution >= 0.6 is 11.6 Å². The Morgan fingerprint density at radius 1 is 1.00 bits per heavy atom. The maximum absolute atomic E-state index is 13.3. The topological polar surface area (TPSA) is 77.8 Å². The van der Waals surface area contributed by atoms with Crippen LogP contribution in [0.25, 0.3) is 22.3 Å². The van der Waals surface area contributed by atoms with Crippen molar-refractivity contribution in [2.75, 3.05) is 19.0 Å². The van der Waals surface area contributed by atoms with Crippen LogP contribution in [0.15, 0.2) is 69.9 Å².